The van der Waals surface area contributed by atoms with Crippen molar-refractivity contribution in [1.82, 2.24) is 19.3 Å². The summed E-state index contributed by atoms with van der Waals surface area (Å²) in [6, 6.07) is 6.13. The summed E-state index contributed by atoms with van der Waals surface area (Å²) in [6.45, 7) is 11.0. The molecule has 3 N–H and O–H groups in total. The number of aryl methyl sites for hydroxylation is 1. The van der Waals surface area contributed by atoms with E-state index in [0.717, 1.165) is 29.2 Å². The third kappa shape index (κ3) is 5.01. The van der Waals surface area contributed by atoms with Crippen LogP contribution in [0.2, 0.25) is 0 Å². The Labute approximate surface area is 187 Å². The van der Waals surface area contributed by atoms with E-state index in [1.165, 1.54) is 11.5 Å². The standard InChI is InChI=1S/C21H31N7O2S/c1-14-12-17(31-26-14)22-18-24-21(5,16-9-7-11-28(16)25-18)23-15-8-6-10-27(13-15)19(29)30-20(2,3)4/h7,9,11-12,15,23H,6,8,10,13H2,1-5H3,(H2,22,24,25). The molecule has 0 aliphatic carbocycles. The van der Waals surface area contributed by atoms with Crippen LogP contribution < -0.4 is 16.1 Å². The highest BCUT2D eigenvalue weighted by Crippen LogP contribution is 2.29. The van der Waals surface area contributed by atoms with Crippen molar-refractivity contribution in [3.63, 3.8) is 0 Å². The lowest BCUT2D eigenvalue weighted by atomic mass is 10.0. The van der Waals surface area contributed by atoms with Crippen molar-refractivity contribution < 1.29 is 9.53 Å². The first-order valence-electron chi connectivity index (χ1n) is 10.6. The Balaban J connectivity index is 1.51. The van der Waals surface area contributed by atoms with Crippen LogP contribution in [0.3, 0.4) is 0 Å². The summed E-state index contributed by atoms with van der Waals surface area (Å²) >= 11 is 1.40. The Kier molecular flexibility index (Phi) is 5.69. The van der Waals surface area contributed by atoms with Gasteiger partial charge in [0.2, 0.25) is 5.96 Å². The highest BCUT2D eigenvalue weighted by molar-refractivity contribution is 7.10. The lowest BCUT2D eigenvalue weighted by Gasteiger charge is -2.40. The van der Waals surface area contributed by atoms with Gasteiger partial charge in [-0.15, -0.1) is 0 Å². The second kappa shape index (κ2) is 8.16. The van der Waals surface area contributed by atoms with Crippen LogP contribution in [0.4, 0.5) is 9.80 Å². The van der Waals surface area contributed by atoms with Crippen LogP contribution >= 0.6 is 11.5 Å². The van der Waals surface area contributed by atoms with Gasteiger partial charge in [0, 0.05) is 25.3 Å². The molecule has 4 heterocycles. The lowest BCUT2D eigenvalue weighted by Crippen LogP contribution is -2.56. The van der Waals surface area contributed by atoms with Gasteiger partial charge in [0.1, 0.15) is 10.6 Å². The molecule has 0 aromatic carbocycles. The molecule has 2 atom stereocenters. The third-order valence-corrected chi connectivity index (χ3v) is 6.03. The number of anilines is 1. The smallest absolute Gasteiger partial charge is 0.410 e. The Morgan fingerprint density at radius 2 is 2.23 bits per heavy atom. The number of aromatic nitrogens is 2. The zero-order chi connectivity index (χ0) is 22.2. The Hall–Kier alpha value is -2.59. The van der Waals surface area contributed by atoms with Crippen molar-refractivity contribution in [3.8, 4) is 0 Å². The maximum Gasteiger partial charge on any atom is 0.410 e. The zero-order valence-electron chi connectivity index (χ0n) is 18.7. The Morgan fingerprint density at radius 1 is 1.42 bits per heavy atom. The number of piperidine rings is 1. The number of aliphatic imine (C=N–C) groups is 1. The highest BCUT2D eigenvalue weighted by Gasteiger charge is 2.37. The lowest BCUT2D eigenvalue weighted by molar-refractivity contribution is 0.0174. The Morgan fingerprint density at radius 3 is 2.94 bits per heavy atom. The average Bonchev–Trinajstić information content (AvgIpc) is 3.30. The number of carbonyl (C=O) groups is 1. The number of ether oxygens (including phenoxy) is 1. The summed E-state index contributed by atoms with van der Waals surface area (Å²) in [7, 11) is 0. The molecule has 0 saturated carbocycles. The number of fused-ring (bicyclic) bond motifs is 1. The summed E-state index contributed by atoms with van der Waals surface area (Å²) < 4.78 is 11.9. The van der Waals surface area contributed by atoms with Gasteiger partial charge < -0.3 is 15.0 Å². The van der Waals surface area contributed by atoms with Gasteiger partial charge in [-0.3, -0.25) is 15.4 Å². The van der Waals surface area contributed by atoms with Crippen molar-refractivity contribution in [2.45, 2.75) is 64.8 Å². The predicted molar refractivity (Wildman–Crippen MR) is 123 cm³/mol. The minimum absolute atomic E-state index is 0.100. The van der Waals surface area contributed by atoms with Gasteiger partial charge in [-0.2, -0.15) is 4.37 Å². The molecule has 0 radical (unpaired) electrons. The van der Waals surface area contributed by atoms with Crippen LogP contribution in [0, 0.1) is 6.92 Å². The second-order valence-corrected chi connectivity index (χ2v) is 10.1. The van der Waals surface area contributed by atoms with E-state index in [1.807, 2.05) is 56.8 Å². The highest BCUT2D eigenvalue weighted by atomic mass is 32.1. The number of amides is 1. The molecule has 2 aromatic rings. The molecule has 10 heteroatoms. The number of hydrogen-bond acceptors (Lipinski definition) is 8. The normalized spacial score (nSPS) is 23.6. The monoisotopic (exact) mass is 445 g/mol. The molecule has 2 unspecified atom stereocenters. The molecule has 1 saturated heterocycles. The Bertz CT molecular complexity index is 977. The number of carbonyl (C=O) groups excluding carboxylic acids is 1. The van der Waals surface area contributed by atoms with Gasteiger partial charge in [-0.05, 0) is 77.2 Å². The molecule has 1 amide bonds. The van der Waals surface area contributed by atoms with Gasteiger partial charge in [0.15, 0.2) is 5.66 Å². The molecule has 9 nitrogen and oxygen atoms in total. The molecule has 1 fully saturated rings. The van der Waals surface area contributed by atoms with Crippen molar-refractivity contribution in [2.75, 3.05) is 23.8 Å². The first kappa shape index (κ1) is 21.6. The number of nitrogens with one attached hydrogen (secondary N) is 3. The van der Waals surface area contributed by atoms with E-state index in [1.54, 1.807) is 4.90 Å². The minimum atomic E-state index is -0.654. The molecular weight excluding hydrogens is 414 g/mol. The van der Waals surface area contributed by atoms with Crippen LogP contribution in [0.25, 0.3) is 0 Å². The molecule has 0 bridgehead atoms. The van der Waals surface area contributed by atoms with Crippen LogP contribution in [-0.2, 0) is 10.4 Å². The zero-order valence-corrected chi connectivity index (χ0v) is 19.5. The quantitative estimate of drug-likeness (QED) is 0.670. The van der Waals surface area contributed by atoms with E-state index in [0.29, 0.717) is 19.0 Å². The first-order valence-corrected chi connectivity index (χ1v) is 11.4. The SMILES string of the molecule is Cc1cc(NC2=NC(C)(NC3CCCN(C(=O)OC(C)(C)C)C3)c3cccn3N2)sn1. The van der Waals surface area contributed by atoms with E-state index >= 15 is 0 Å². The topological polar surface area (TPSA) is 95.8 Å². The van der Waals surface area contributed by atoms with Crippen molar-refractivity contribution in [1.29, 1.82) is 0 Å². The van der Waals surface area contributed by atoms with Gasteiger partial charge in [0.05, 0.1) is 11.4 Å². The molecule has 31 heavy (non-hydrogen) atoms. The summed E-state index contributed by atoms with van der Waals surface area (Å²) in [4.78, 5) is 19.3. The summed E-state index contributed by atoms with van der Waals surface area (Å²) in [5.74, 6) is 0.641. The van der Waals surface area contributed by atoms with Crippen LogP contribution in [-0.4, -0.2) is 50.7 Å². The molecule has 4 rings (SSSR count). The van der Waals surface area contributed by atoms with E-state index in [2.05, 4.69) is 27.4 Å². The third-order valence-electron chi connectivity index (χ3n) is 5.24. The fourth-order valence-electron chi connectivity index (χ4n) is 3.98. The van der Waals surface area contributed by atoms with E-state index in [-0.39, 0.29) is 12.1 Å². The molecule has 168 valence electrons. The maximum atomic E-state index is 12.6. The molecule has 2 aromatic heterocycles. The predicted octanol–water partition coefficient (Wildman–Crippen LogP) is 3.44. The second-order valence-electron chi connectivity index (χ2n) is 9.28. The van der Waals surface area contributed by atoms with Crippen molar-refractivity contribution >= 4 is 28.6 Å². The van der Waals surface area contributed by atoms with E-state index < -0.39 is 11.3 Å². The van der Waals surface area contributed by atoms with E-state index in [9.17, 15) is 4.79 Å². The minimum Gasteiger partial charge on any atom is -0.444 e. The number of hydrogen-bond donors (Lipinski definition) is 3. The molecule has 0 spiro atoms. The first-order chi connectivity index (χ1) is 14.6. The van der Waals surface area contributed by atoms with Gasteiger partial charge in [0.25, 0.3) is 0 Å². The molecule has 2 aliphatic rings. The fraction of sp³-hybridized carbons (Fsp3) is 0.571. The largest absolute Gasteiger partial charge is 0.444 e. The summed E-state index contributed by atoms with van der Waals surface area (Å²) in [5.41, 5.74) is 4.11. The van der Waals surface area contributed by atoms with Crippen molar-refractivity contribution in [2.24, 2.45) is 4.99 Å². The number of guanidine groups is 1. The molecular formula is C21H31N7O2S. The maximum absolute atomic E-state index is 12.6. The number of nitrogens with zero attached hydrogens (tertiary/aromatic N) is 4. The average molecular weight is 446 g/mol. The summed E-state index contributed by atoms with van der Waals surface area (Å²) in [5, 5.41) is 7.95. The number of rotatable bonds is 3. The summed E-state index contributed by atoms with van der Waals surface area (Å²) in [6.07, 6.45) is 3.60. The van der Waals surface area contributed by atoms with Gasteiger partial charge in [-0.25, -0.2) is 9.79 Å². The van der Waals surface area contributed by atoms with Crippen LogP contribution in [0.1, 0.15) is 51.9 Å². The van der Waals surface area contributed by atoms with Gasteiger partial charge >= 0.3 is 6.09 Å². The van der Waals surface area contributed by atoms with Crippen LogP contribution in [0.5, 0.6) is 0 Å². The number of likely N-dealkylation sites (tertiary alicyclic amines) is 1. The fourth-order valence-corrected chi connectivity index (χ4v) is 4.64. The van der Waals surface area contributed by atoms with Gasteiger partial charge in [-0.1, -0.05) is 0 Å². The van der Waals surface area contributed by atoms with Crippen LogP contribution in [0.15, 0.2) is 29.4 Å². The molecule has 2 aliphatic heterocycles. The van der Waals surface area contributed by atoms with E-state index in [4.69, 9.17) is 9.73 Å². The van der Waals surface area contributed by atoms with Crippen molar-refractivity contribution in [3.05, 3.63) is 35.8 Å².